The lowest BCUT2D eigenvalue weighted by atomic mass is 10.2. The molecule has 0 saturated heterocycles. The van der Waals surface area contributed by atoms with Gasteiger partial charge in [0.25, 0.3) is 0 Å². The minimum Gasteiger partial charge on any atom is -0.236 e. The van der Waals surface area contributed by atoms with Crippen molar-refractivity contribution in [2.75, 3.05) is 0 Å². The van der Waals surface area contributed by atoms with Gasteiger partial charge in [0.2, 0.25) is 0 Å². The van der Waals surface area contributed by atoms with Crippen LogP contribution in [-0.2, 0) is 0 Å². The lowest BCUT2D eigenvalue weighted by Crippen LogP contribution is -1.92. The number of halogens is 3. The Kier molecular flexibility index (Phi) is 2.73. The van der Waals surface area contributed by atoms with Crippen LogP contribution in [0.4, 0.5) is 8.78 Å². The van der Waals surface area contributed by atoms with E-state index in [9.17, 15) is 8.78 Å². The molecule has 0 N–H and O–H groups in total. The van der Waals surface area contributed by atoms with E-state index < -0.39 is 11.6 Å². The van der Waals surface area contributed by atoms with Gasteiger partial charge in [-0.05, 0) is 34.1 Å². The van der Waals surface area contributed by atoms with E-state index in [1.54, 1.807) is 6.07 Å². The first kappa shape index (κ1) is 10.2. The smallest absolute Gasteiger partial charge is 0.162 e. The third kappa shape index (κ3) is 2.02. The molecule has 76 valence electrons. The van der Waals surface area contributed by atoms with E-state index in [2.05, 4.69) is 25.9 Å². The SMILES string of the molecule is Fc1cc(-c2ncccn2)c(F)cc1Br. The van der Waals surface area contributed by atoms with Gasteiger partial charge in [-0.2, -0.15) is 0 Å². The highest BCUT2D eigenvalue weighted by Gasteiger charge is 2.11. The van der Waals surface area contributed by atoms with Gasteiger partial charge >= 0.3 is 0 Å². The number of benzene rings is 1. The number of rotatable bonds is 1. The Bertz CT molecular complexity index is 488. The van der Waals surface area contributed by atoms with Crippen LogP contribution in [0.15, 0.2) is 35.1 Å². The minimum absolute atomic E-state index is 0.0521. The third-order valence-corrected chi connectivity index (χ3v) is 2.42. The molecule has 0 saturated carbocycles. The molecule has 0 spiro atoms. The standard InChI is InChI=1S/C10H5BrF2N2/c11-7-5-8(12)6(4-9(7)13)10-14-2-1-3-15-10/h1-5H. The molecule has 2 rings (SSSR count). The average molecular weight is 271 g/mol. The molecule has 0 amide bonds. The van der Waals surface area contributed by atoms with Gasteiger partial charge in [0.05, 0.1) is 10.0 Å². The van der Waals surface area contributed by atoms with Gasteiger partial charge in [-0.15, -0.1) is 0 Å². The van der Waals surface area contributed by atoms with Crippen LogP contribution in [0.1, 0.15) is 0 Å². The Morgan fingerprint density at radius 2 is 1.67 bits per heavy atom. The van der Waals surface area contributed by atoms with Crippen LogP contribution < -0.4 is 0 Å². The van der Waals surface area contributed by atoms with Gasteiger partial charge in [-0.3, -0.25) is 0 Å². The van der Waals surface area contributed by atoms with Gasteiger partial charge in [0.15, 0.2) is 5.82 Å². The summed E-state index contributed by atoms with van der Waals surface area (Å²) in [4.78, 5) is 7.70. The Hall–Kier alpha value is -1.36. The van der Waals surface area contributed by atoms with Crippen molar-refractivity contribution in [2.24, 2.45) is 0 Å². The average Bonchev–Trinajstić information content (AvgIpc) is 2.25. The second-order valence-corrected chi connectivity index (χ2v) is 3.67. The van der Waals surface area contributed by atoms with Crippen molar-refractivity contribution < 1.29 is 8.78 Å². The maximum atomic E-state index is 13.4. The zero-order valence-electron chi connectivity index (χ0n) is 7.42. The first-order valence-corrected chi connectivity index (χ1v) is 4.89. The largest absolute Gasteiger partial charge is 0.236 e. The van der Waals surface area contributed by atoms with Crippen LogP contribution in [0.3, 0.4) is 0 Å². The van der Waals surface area contributed by atoms with Crippen LogP contribution in [0.25, 0.3) is 11.4 Å². The van der Waals surface area contributed by atoms with Crippen molar-refractivity contribution in [1.29, 1.82) is 0 Å². The maximum Gasteiger partial charge on any atom is 0.162 e. The summed E-state index contributed by atoms with van der Waals surface area (Å²) in [6.45, 7) is 0. The second kappa shape index (κ2) is 4.02. The summed E-state index contributed by atoms with van der Waals surface area (Å²) in [5.74, 6) is -0.935. The Labute approximate surface area is 93.1 Å². The quantitative estimate of drug-likeness (QED) is 0.744. The summed E-state index contributed by atoms with van der Waals surface area (Å²) in [7, 11) is 0. The van der Waals surface area contributed by atoms with Gasteiger partial charge in [0, 0.05) is 12.4 Å². The summed E-state index contributed by atoms with van der Waals surface area (Å²) in [5, 5.41) is 0. The third-order valence-electron chi connectivity index (χ3n) is 1.82. The topological polar surface area (TPSA) is 25.8 Å². The van der Waals surface area contributed by atoms with Crippen LogP contribution >= 0.6 is 15.9 Å². The molecule has 0 bridgehead atoms. The zero-order chi connectivity index (χ0) is 10.8. The summed E-state index contributed by atoms with van der Waals surface area (Å²) in [5.41, 5.74) is 0.0521. The molecular weight excluding hydrogens is 266 g/mol. The number of nitrogens with zero attached hydrogens (tertiary/aromatic N) is 2. The van der Waals surface area contributed by atoms with E-state index in [1.807, 2.05) is 0 Å². The molecule has 0 aliphatic rings. The molecular formula is C10H5BrF2N2. The first-order valence-electron chi connectivity index (χ1n) is 4.10. The zero-order valence-corrected chi connectivity index (χ0v) is 9.00. The minimum atomic E-state index is -0.561. The molecule has 1 aromatic carbocycles. The summed E-state index contributed by atoms with van der Waals surface area (Å²) in [6, 6.07) is 3.73. The van der Waals surface area contributed by atoms with Crippen LogP contribution in [0.2, 0.25) is 0 Å². The van der Waals surface area contributed by atoms with Gasteiger partial charge in [-0.1, -0.05) is 0 Å². The van der Waals surface area contributed by atoms with Gasteiger partial charge in [0.1, 0.15) is 11.6 Å². The van der Waals surface area contributed by atoms with E-state index in [0.717, 1.165) is 12.1 Å². The monoisotopic (exact) mass is 270 g/mol. The summed E-state index contributed by atoms with van der Waals surface area (Å²) in [6.07, 6.45) is 2.95. The van der Waals surface area contributed by atoms with E-state index >= 15 is 0 Å². The van der Waals surface area contributed by atoms with E-state index in [4.69, 9.17) is 0 Å². The van der Waals surface area contributed by atoms with Gasteiger partial charge in [-0.25, -0.2) is 18.7 Å². The van der Waals surface area contributed by atoms with E-state index in [1.165, 1.54) is 12.4 Å². The molecule has 15 heavy (non-hydrogen) atoms. The molecule has 0 atom stereocenters. The Balaban J connectivity index is 2.59. The van der Waals surface area contributed by atoms with Crippen molar-refractivity contribution in [2.45, 2.75) is 0 Å². The Morgan fingerprint density at radius 1 is 1.00 bits per heavy atom. The van der Waals surface area contributed by atoms with Gasteiger partial charge < -0.3 is 0 Å². The molecule has 2 aromatic rings. The van der Waals surface area contributed by atoms with Crippen LogP contribution in [-0.4, -0.2) is 9.97 Å². The highest BCUT2D eigenvalue weighted by Crippen LogP contribution is 2.25. The molecule has 5 heteroatoms. The molecule has 0 unspecified atom stereocenters. The highest BCUT2D eigenvalue weighted by atomic mass is 79.9. The first-order chi connectivity index (χ1) is 7.18. The number of aromatic nitrogens is 2. The molecule has 2 nitrogen and oxygen atoms in total. The van der Waals surface area contributed by atoms with Crippen molar-refractivity contribution in [1.82, 2.24) is 9.97 Å². The lowest BCUT2D eigenvalue weighted by Gasteiger charge is -2.02. The molecule has 0 radical (unpaired) electrons. The lowest BCUT2D eigenvalue weighted by molar-refractivity contribution is 0.596. The van der Waals surface area contributed by atoms with Crippen LogP contribution in [0, 0.1) is 11.6 Å². The fourth-order valence-electron chi connectivity index (χ4n) is 1.13. The maximum absolute atomic E-state index is 13.4. The van der Waals surface area contributed by atoms with Crippen molar-refractivity contribution in [3.05, 3.63) is 46.7 Å². The van der Waals surface area contributed by atoms with Crippen molar-refractivity contribution in [3.63, 3.8) is 0 Å². The highest BCUT2D eigenvalue weighted by molar-refractivity contribution is 9.10. The molecule has 1 aromatic heterocycles. The predicted molar refractivity (Wildman–Crippen MR) is 55.1 cm³/mol. The Morgan fingerprint density at radius 3 is 2.33 bits per heavy atom. The normalized spacial score (nSPS) is 10.3. The van der Waals surface area contributed by atoms with Crippen LogP contribution in [0.5, 0.6) is 0 Å². The van der Waals surface area contributed by atoms with Crippen molar-refractivity contribution >= 4 is 15.9 Å². The van der Waals surface area contributed by atoms with E-state index in [0.29, 0.717) is 0 Å². The molecule has 0 aliphatic carbocycles. The van der Waals surface area contributed by atoms with E-state index in [-0.39, 0.29) is 15.9 Å². The molecule has 0 fully saturated rings. The summed E-state index contributed by atoms with van der Waals surface area (Å²) < 4.78 is 26.7. The predicted octanol–water partition coefficient (Wildman–Crippen LogP) is 3.18. The fraction of sp³-hybridized carbons (Fsp3) is 0. The summed E-state index contributed by atoms with van der Waals surface area (Å²) >= 11 is 2.90. The number of hydrogen-bond acceptors (Lipinski definition) is 2. The number of hydrogen-bond donors (Lipinski definition) is 0. The fourth-order valence-corrected chi connectivity index (χ4v) is 1.45. The molecule has 1 heterocycles. The van der Waals surface area contributed by atoms with Crippen molar-refractivity contribution in [3.8, 4) is 11.4 Å². The molecule has 0 aliphatic heterocycles. The second-order valence-electron chi connectivity index (χ2n) is 2.82.